The summed E-state index contributed by atoms with van der Waals surface area (Å²) in [6.07, 6.45) is 5.90. The van der Waals surface area contributed by atoms with Gasteiger partial charge in [-0.2, -0.15) is 10.2 Å². The van der Waals surface area contributed by atoms with Crippen LogP contribution in [0.2, 0.25) is 0 Å². The van der Waals surface area contributed by atoms with Crippen molar-refractivity contribution in [1.29, 1.82) is 0 Å². The Balaban J connectivity index is 1.17. The van der Waals surface area contributed by atoms with Gasteiger partial charge in [0.05, 0.1) is 28.7 Å². The lowest BCUT2D eigenvalue weighted by molar-refractivity contribution is 0.264. The van der Waals surface area contributed by atoms with Crippen molar-refractivity contribution in [2.75, 3.05) is 13.1 Å². The number of aromatic nitrogens is 7. The number of halogens is 1. The maximum Gasteiger partial charge on any atom is 0.181 e. The molecular weight excluding hydrogens is 467 g/mol. The number of aryl methyl sites for hydroxylation is 1. The van der Waals surface area contributed by atoms with E-state index in [-0.39, 0.29) is 5.82 Å². The van der Waals surface area contributed by atoms with Crippen molar-refractivity contribution in [2.45, 2.75) is 45.1 Å². The van der Waals surface area contributed by atoms with Crippen molar-refractivity contribution in [1.82, 2.24) is 39.8 Å². The van der Waals surface area contributed by atoms with Crippen molar-refractivity contribution >= 4 is 10.9 Å². The third-order valence-electron chi connectivity index (χ3n) is 7.78. The molecule has 5 aromatic rings. The lowest BCUT2D eigenvalue weighted by Gasteiger charge is -2.23. The number of benzene rings is 2. The van der Waals surface area contributed by atoms with E-state index in [0.29, 0.717) is 35.1 Å². The van der Waals surface area contributed by atoms with E-state index in [4.69, 9.17) is 9.97 Å². The van der Waals surface area contributed by atoms with Crippen LogP contribution in [0.3, 0.4) is 0 Å². The van der Waals surface area contributed by atoms with E-state index >= 15 is 4.39 Å². The fourth-order valence-electron chi connectivity index (χ4n) is 5.55. The molecule has 2 N–H and O–H groups in total. The standard InChI is InChI=1S/C28H29FN8/c1-3-37-11-10-23-24(15-37)32-28(31-23)19-8-6-18(12-21(19)29)27-33-25(36(2)35-27)13-17-7-9-22-20(14-30-34-22)26(17)16-4-5-16/h6-9,12,14,16H,3-5,10-11,13,15H2,1-2H3,(H,30,34)(H,31,32). The van der Waals surface area contributed by atoms with Crippen LogP contribution in [0.5, 0.6) is 0 Å². The van der Waals surface area contributed by atoms with Crippen LogP contribution in [-0.4, -0.2) is 52.9 Å². The molecule has 0 unspecified atom stereocenters. The number of nitrogens with zero attached hydrogens (tertiary/aromatic N) is 6. The summed E-state index contributed by atoms with van der Waals surface area (Å²) in [5.41, 5.74) is 6.95. The van der Waals surface area contributed by atoms with Gasteiger partial charge >= 0.3 is 0 Å². The van der Waals surface area contributed by atoms with Gasteiger partial charge in [0, 0.05) is 43.9 Å². The Labute approximate surface area is 214 Å². The van der Waals surface area contributed by atoms with Gasteiger partial charge in [0.15, 0.2) is 5.82 Å². The van der Waals surface area contributed by atoms with Gasteiger partial charge in [0.1, 0.15) is 17.5 Å². The van der Waals surface area contributed by atoms with Crippen LogP contribution in [0.15, 0.2) is 36.5 Å². The summed E-state index contributed by atoms with van der Waals surface area (Å²) in [5, 5.41) is 13.1. The van der Waals surface area contributed by atoms with E-state index in [1.54, 1.807) is 10.7 Å². The molecule has 188 valence electrons. The lowest BCUT2D eigenvalue weighted by Crippen LogP contribution is -2.30. The normalized spacial score (nSPS) is 16.0. The Hall–Kier alpha value is -3.85. The van der Waals surface area contributed by atoms with Crippen LogP contribution in [0.4, 0.5) is 4.39 Å². The lowest BCUT2D eigenvalue weighted by atomic mass is 9.96. The van der Waals surface area contributed by atoms with Crippen LogP contribution < -0.4 is 0 Å². The fraction of sp³-hybridized carbons (Fsp3) is 0.357. The van der Waals surface area contributed by atoms with E-state index in [2.05, 4.69) is 44.2 Å². The number of H-pyrrole nitrogens is 2. The number of fused-ring (bicyclic) bond motifs is 2. The molecule has 3 aromatic heterocycles. The molecule has 1 fully saturated rings. The Morgan fingerprint density at radius 1 is 1.14 bits per heavy atom. The second kappa shape index (κ2) is 8.62. The molecule has 0 radical (unpaired) electrons. The van der Waals surface area contributed by atoms with E-state index in [9.17, 15) is 0 Å². The maximum absolute atomic E-state index is 15.3. The summed E-state index contributed by atoms with van der Waals surface area (Å²) in [6, 6.07) is 9.42. The van der Waals surface area contributed by atoms with Crippen molar-refractivity contribution in [2.24, 2.45) is 7.05 Å². The van der Waals surface area contributed by atoms with E-state index in [1.165, 1.54) is 35.4 Å². The smallest absolute Gasteiger partial charge is 0.181 e. The zero-order valence-corrected chi connectivity index (χ0v) is 21.1. The fourth-order valence-corrected chi connectivity index (χ4v) is 5.55. The summed E-state index contributed by atoms with van der Waals surface area (Å²) in [6.45, 7) is 4.97. The highest BCUT2D eigenvalue weighted by molar-refractivity contribution is 5.84. The first-order chi connectivity index (χ1) is 18.1. The minimum atomic E-state index is -0.327. The van der Waals surface area contributed by atoms with Crippen LogP contribution in [0.25, 0.3) is 33.7 Å². The van der Waals surface area contributed by atoms with Crippen molar-refractivity contribution in [3.05, 3.63) is 70.7 Å². The van der Waals surface area contributed by atoms with Gasteiger partial charge in [0.25, 0.3) is 0 Å². The van der Waals surface area contributed by atoms with Crippen LogP contribution in [-0.2, 0) is 26.4 Å². The van der Waals surface area contributed by atoms with Gasteiger partial charge in [0.2, 0.25) is 0 Å². The molecule has 0 bridgehead atoms. The summed E-state index contributed by atoms with van der Waals surface area (Å²) >= 11 is 0. The SMILES string of the molecule is CCN1CCc2nc(-c3ccc(-c4nc(Cc5ccc6[nH]ncc6c5C5CC5)n(C)n4)cc3F)[nH]c2C1. The quantitative estimate of drug-likeness (QED) is 0.355. The second-order valence-electron chi connectivity index (χ2n) is 10.2. The van der Waals surface area contributed by atoms with Gasteiger partial charge < -0.3 is 4.98 Å². The second-order valence-corrected chi connectivity index (χ2v) is 10.2. The van der Waals surface area contributed by atoms with E-state index < -0.39 is 0 Å². The molecule has 0 amide bonds. The molecule has 1 saturated carbocycles. The zero-order valence-electron chi connectivity index (χ0n) is 21.1. The highest BCUT2D eigenvalue weighted by Gasteiger charge is 2.29. The molecule has 8 nitrogen and oxygen atoms in total. The molecule has 1 aliphatic carbocycles. The molecule has 37 heavy (non-hydrogen) atoms. The van der Waals surface area contributed by atoms with Crippen molar-refractivity contribution in [3.8, 4) is 22.8 Å². The monoisotopic (exact) mass is 496 g/mol. The topological polar surface area (TPSA) is 91.3 Å². The molecule has 0 saturated heterocycles. The van der Waals surface area contributed by atoms with Gasteiger partial charge in [-0.25, -0.2) is 14.4 Å². The predicted molar refractivity (Wildman–Crippen MR) is 140 cm³/mol. The summed E-state index contributed by atoms with van der Waals surface area (Å²) in [7, 11) is 1.90. The molecule has 9 heteroatoms. The highest BCUT2D eigenvalue weighted by Crippen LogP contribution is 2.45. The third kappa shape index (κ3) is 3.94. The molecule has 0 spiro atoms. The average molecular weight is 497 g/mol. The van der Waals surface area contributed by atoms with Gasteiger partial charge in [-0.15, -0.1) is 0 Å². The average Bonchev–Trinajstić information content (AvgIpc) is 3.29. The molecule has 0 atom stereocenters. The van der Waals surface area contributed by atoms with Gasteiger partial charge in [-0.1, -0.05) is 19.1 Å². The summed E-state index contributed by atoms with van der Waals surface area (Å²) in [5.74, 6) is 2.22. The highest BCUT2D eigenvalue weighted by atomic mass is 19.1. The van der Waals surface area contributed by atoms with Gasteiger partial charge in [-0.3, -0.25) is 14.7 Å². The Kier molecular flexibility index (Phi) is 5.21. The van der Waals surface area contributed by atoms with Crippen molar-refractivity contribution < 1.29 is 4.39 Å². The number of nitrogens with one attached hydrogen (secondary N) is 2. The molecule has 1 aliphatic heterocycles. The number of imidazole rings is 1. The minimum absolute atomic E-state index is 0.327. The van der Waals surface area contributed by atoms with Crippen LogP contribution in [0.1, 0.15) is 54.0 Å². The molecule has 7 rings (SSSR count). The summed E-state index contributed by atoms with van der Waals surface area (Å²) < 4.78 is 17.1. The molecule has 4 heterocycles. The van der Waals surface area contributed by atoms with Crippen LogP contribution >= 0.6 is 0 Å². The number of hydrogen-bond donors (Lipinski definition) is 2. The van der Waals surface area contributed by atoms with Crippen LogP contribution in [0, 0.1) is 5.82 Å². The Bertz CT molecular complexity index is 1620. The van der Waals surface area contributed by atoms with E-state index in [1.807, 2.05) is 19.3 Å². The number of hydrogen-bond acceptors (Lipinski definition) is 5. The first-order valence-electron chi connectivity index (χ1n) is 13.0. The molecule has 2 aromatic carbocycles. The molecular formula is C28H29FN8. The number of likely N-dealkylation sites (N-methyl/N-ethyl adjacent to an activating group) is 1. The zero-order chi connectivity index (χ0) is 25.1. The maximum atomic E-state index is 15.3. The Morgan fingerprint density at radius 2 is 2.03 bits per heavy atom. The minimum Gasteiger partial charge on any atom is -0.340 e. The Morgan fingerprint density at radius 3 is 2.84 bits per heavy atom. The first kappa shape index (κ1) is 22.4. The third-order valence-corrected chi connectivity index (χ3v) is 7.78. The predicted octanol–water partition coefficient (Wildman–Crippen LogP) is 4.73. The number of rotatable bonds is 6. The largest absolute Gasteiger partial charge is 0.340 e. The summed E-state index contributed by atoms with van der Waals surface area (Å²) in [4.78, 5) is 15.2. The van der Waals surface area contributed by atoms with E-state index in [0.717, 1.165) is 48.8 Å². The molecule has 2 aliphatic rings. The first-order valence-corrected chi connectivity index (χ1v) is 13.0. The van der Waals surface area contributed by atoms with Gasteiger partial charge in [-0.05, 0) is 54.6 Å². The number of aromatic amines is 2. The van der Waals surface area contributed by atoms with Crippen molar-refractivity contribution in [3.63, 3.8) is 0 Å².